The molecule has 0 aliphatic rings. The van der Waals surface area contributed by atoms with Crippen LogP contribution in [0.2, 0.25) is 0 Å². The summed E-state index contributed by atoms with van der Waals surface area (Å²) in [4.78, 5) is 10.8. The number of allylic oxidation sites excluding steroid dienone is 2. The number of carbonyl (C=O) groups excluding carboxylic acids is 1. The zero-order chi connectivity index (χ0) is 27.1. The van der Waals surface area contributed by atoms with Gasteiger partial charge in [-0.3, -0.25) is 0 Å². The standard InChI is InChI=1S/C28H24F2N4O4.Na/c29-21-10-6-18(7-11-21)27(19-8-12-22(30)13-9-19)25(15-14-23(35)16-24(36)17-26(37)38)34-28(31-32-33-34)20-4-2-1-3-5-20;/h1-15,23-24,35-36H,16-17H2,(H,37,38);/q;+1/p-1/b15-14+;/t23-,24-;/m1./s1. The zero-order valence-corrected chi connectivity index (χ0v) is 23.0. The number of halogens is 2. The predicted octanol–water partition coefficient (Wildman–Crippen LogP) is -0.153. The van der Waals surface area contributed by atoms with Crippen LogP contribution < -0.4 is 34.7 Å². The van der Waals surface area contributed by atoms with Gasteiger partial charge in [0.2, 0.25) is 0 Å². The molecule has 0 radical (unpaired) electrons. The molecule has 39 heavy (non-hydrogen) atoms. The maximum absolute atomic E-state index is 13.8. The summed E-state index contributed by atoms with van der Waals surface area (Å²) in [5.41, 5.74) is 2.64. The van der Waals surface area contributed by atoms with E-state index in [4.69, 9.17) is 0 Å². The van der Waals surface area contributed by atoms with E-state index in [-0.39, 0.29) is 36.0 Å². The summed E-state index contributed by atoms with van der Waals surface area (Å²) in [7, 11) is 0. The van der Waals surface area contributed by atoms with Crippen LogP contribution in [0.25, 0.3) is 22.7 Å². The van der Waals surface area contributed by atoms with E-state index in [1.54, 1.807) is 24.3 Å². The first-order chi connectivity index (χ1) is 18.3. The first kappa shape index (κ1) is 30.0. The molecule has 0 saturated heterocycles. The third-order valence-corrected chi connectivity index (χ3v) is 5.64. The minimum absolute atomic E-state index is 0. The third-order valence-electron chi connectivity index (χ3n) is 5.64. The fourth-order valence-electron chi connectivity index (χ4n) is 3.91. The van der Waals surface area contributed by atoms with Gasteiger partial charge in [-0.2, -0.15) is 4.68 Å². The summed E-state index contributed by atoms with van der Waals surface area (Å²) in [6.45, 7) is 0. The molecule has 4 rings (SSSR count). The van der Waals surface area contributed by atoms with Gasteiger partial charge in [-0.1, -0.05) is 60.7 Å². The first-order valence-corrected chi connectivity index (χ1v) is 11.7. The molecule has 3 aromatic carbocycles. The van der Waals surface area contributed by atoms with Crippen molar-refractivity contribution in [2.45, 2.75) is 25.0 Å². The van der Waals surface area contributed by atoms with E-state index in [1.807, 2.05) is 30.3 Å². The maximum Gasteiger partial charge on any atom is 1.00 e. The number of carboxylic acid groups (broad SMARTS) is 1. The largest absolute Gasteiger partial charge is 1.00 e. The average molecular weight is 541 g/mol. The maximum atomic E-state index is 13.8. The van der Waals surface area contributed by atoms with Crippen molar-refractivity contribution < 1.29 is 58.5 Å². The van der Waals surface area contributed by atoms with E-state index in [9.17, 15) is 28.9 Å². The van der Waals surface area contributed by atoms with E-state index < -0.39 is 36.2 Å². The van der Waals surface area contributed by atoms with Crippen LogP contribution in [-0.4, -0.2) is 48.6 Å². The zero-order valence-electron chi connectivity index (χ0n) is 21.0. The van der Waals surface area contributed by atoms with Crippen LogP contribution in [0.15, 0.2) is 91.0 Å². The molecule has 0 saturated carbocycles. The van der Waals surface area contributed by atoms with Gasteiger partial charge >= 0.3 is 29.6 Å². The number of aliphatic hydroxyl groups is 2. The molecular weight excluding hydrogens is 517 g/mol. The van der Waals surface area contributed by atoms with Crippen molar-refractivity contribution in [3.63, 3.8) is 0 Å². The van der Waals surface area contributed by atoms with Gasteiger partial charge in [-0.05, 0) is 51.9 Å². The number of rotatable bonds is 10. The second-order valence-electron chi connectivity index (χ2n) is 8.45. The molecule has 0 aliphatic heterocycles. The molecule has 0 spiro atoms. The van der Waals surface area contributed by atoms with Crippen molar-refractivity contribution in [1.29, 1.82) is 0 Å². The van der Waals surface area contributed by atoms with Crippen LogP contribution >= 0.6 is 0 Å². The molecule has 2 N–H and O–H groups in total. The van der Waals surface area contributed by atoms with Gasteiger partial charge in [0.05, 0.1) is 17.9 Å². The van der Waals surface area contributed by atoms with Crippen molar-refractivity contribution in [3.05, 3.63) is 114 Å². The second kappa shape index (κ2) is 14.0. The van der Waals surface area contributed by atoms with Gasteiger partial charge in [-0.15, -0.1) is 5.10 Å². The quantitative estimate of drug-likeness (QED) is 0.212. The Morgan fingerprint density at radius 3 is 2.03 bits per heavy atom. The molecule has 0 unspecified atom stereocenters. The number of nitrogens with zero attached hydrogens (tertiary/aromatic N) is 4. The van der Waals surface area contributed by atoms with Gasteiger partial charge in [0.25, 0.3) is 0 Å². The Balaban J connectivity index is 0.00000420. The van der Waals surface area contributed by atoms with Gasteiger partial charge in [-0.25, -0.2) is 8.78 Å². The molecule has 0 bridgehead atoms. The Morgan fingerprint density at radius 1 is 0.923 bits per heavy atom. The number of hydrogen-bond acceptors (Lipinski definition) is 7. The number of aromatic nitrogens is 4. The number of carboxylic acids is 1. The smallest absolute Gasteiger partial charge is 0.550 e. The van der Waals surface area contributed by atoms with Gasteiger partial charge in [0.15, 0.2) is 5.82 Å². The summed E-state index contributed by atoms with van der Waals surface area (Å²) in [5.74, 6) is -1.98. The van der Waals surface area contributed by atoms with Crippen molar-refractivity contribution in [3.8, 4) is 11.4 Å². The summed E-state index contributed by atoms with van der Waals surface area (Å²) in [6, 6.07) is 20.4. The molecular formula is C28H23F2N4NaO4. The molecule has 8 nitrogen and oxygen atoms in total. The fourth-order valence-corrected chi connectivity index (χ4v) is 3.91. The molecule has 2 atom stereocenters. The molecule has 4 aromatic rings. The van der Waals surface area contributed by atoms with Crippen molar-refractivity contribution in [1.82, 2.24) is 20.2 Å². The molecule has 11 heteroatoms. The fraction of sp³-hybridized carbons (Fsp3) is 0.143. The number of aliphatic hydroxyl groups excluding tert-OH is 2. The predicted molar refractivity (Wildman–Crippen MR) is 134 cm³/mol. The Bertz CT molecular complexity index is 1400. The molecule has 0 amide bonds. The van der Waals surface area contributed by atoms with Crippen LogP contribution in [-0.2, 0) is 4.79 Å². The molecule has 194 valence electrons. The minimum atomic E-state index is -1.44. The topological polar surface area (TPSA) is 124 Å². The summed E-state index contributed by atoms with van der Waals surface area (Å²) >= 11 is 0. The van der Waals surface area contributed by atoms with E-state index in [2.05, 4.69) is 15.5 Å². The summed E-state index contributed by atoms with van der Waals surface area (Å²) < 4.78 is 29.1. The van der Waals surface area contributed by atoms with Crippen LogP contribution in [0.5, 0.6) is 0 Å². The molecule has 1 aromatic heterocycles. The Hall–Kier alpha value is -3.54. The number of aliphatic carboxylic acids is 1. The van der Waals surface area contributed by atoms with Gasteiger partial charge in [0.1, 0.15) is 11.6 Å². The van der Waals surface area contributed by atoms with E-state index in [1.165, 1.54) is 41.1 Å². The minimum Gasteiger partial charge on any atom is -0.550 e. The molecule has 0 fully saturated rings. The number of hydrogen-bond donors (Lipinski definition) is 2. The van der Waals surface area contributed by atoms with E-state index in [0.717, 1.165) is 0 Å². The Kier molecular flexibility index (Phi) is 10.8. The van der Waals surface area contributed by atoms with Crippen molar-refractivity contribution in [2.75, 3.05) is 0 Å². The average Bonchev–Trinajstić information content (AvgIpc) is 3.38. The third kappa shape index (κ3) is 7.98. The molecule has 1 heterocycles. The SMILES string of the molecule is O=C([O-])C[C@H](O)C[C@H](O)/C=C/C(=C(c1ccc(F)cc1)c1ccc(F)cc1)n1nnnc1-c1ccccc1.[Na+]. The summed E-state index contributed by atoms with van der Waals surface area (Å²) in [5, 5.41) is 43.3. The number of carbonyl (C=O) groups is 1. The first-order valence-electron chi connectivity index (χ1n) is 11.7. The second-order valence-corrected chi connectivity index (χ2v) is 8.45. The number of tetrazole rings is 1. The van der Waals surface area contributed by atoms with E-state index >= 15 is 0 Å². The van der Waals surface area contributed by atoms with Crippen LogP contribution in [0.3, 0.4) is 0 Å². The monoisotopic (exact) mass is 540 g/mol. The Labute approximate surface area is 245 Å². The summed E-state index contributed by atoms with van der Waals surface area (Å²) in [6.07, 6.45) is -0.581. The van der Waals surface area contributed by atoms with Gasteiger partial charge < -0.3 is 20.1 Å². The van der Waals surface area contributed by atoms with Gasteiger partial charge in [0, 0.05) is 29.9 Å². The van der Waals surface area contributed by atoms with Crippen LogP contribution in [0.4, 0.5) is 8.78 Å². The molecule has 0 aliphatic carbocycles. The number of benzene rings is 3. The van der Waals surface area contributed by atoms with Crippen LogP contribution in [0.1, 0.15) is 24.0 Å². The van der Waals surface area contributed by atoms with Crippen molar-refractivity contribution >= 4 is 17.2 Å². The normalized spacial score (nSPS) is 12.5. The Morgan fingerprint density at radius 2 is 1.49 bits per heavy atom. The van der Waals surface area contributed by atoms with Crippen LogP contribution in [0, 0.1) is 11.6 Å². The van der Waals surface area contributed by atoms with E-state index in [0.29, 0.717) is 33.8 Å². The van der Waals surface area contributed by atoms with Crippen molar-refractivity contribution in [2.24, 2.45) is 0 Å².